The first-order chi connectivity index (χ1) is 12.5. The van der Waals surface area contributed by atoms with Crippen LogP contribution in [0.2, 0.25) is 0 Å². The van der Waals surface area contributed by atoms with E-state index in [1.54, 1.807) is 19.2 Å². The summed E-state index contributed by atoms with van der Waals surface area (Å²) in [6.07, 6.45) is 0. The molecule has 1 unspecified atom stereocenters. The van der Waals surface area contributed by atoms with E-state index in [-0.39, 0.29) is 17.8 Å². The molecule has 26 heavy (non-hydrogen) atoms. The third-order valence-electron chi connectivity index (χ3n) is 4.16. The van der Waals surface area contributed by atoms with Crippen molar-refractivity contribution in [3.8, 4) is 11.5 Å². The van der Waals surface area contributed by atoms with E-state index in [9.17, 15) is 9.18 Å². The van der Waals surface area contributed by atoms with Crippen molar-refractivity contribution in [1.29, 1.82) is 0 Å². The van der Waals surface area contributed by atoms with E-state index in [1.165, 1.54) is 12.1 Å². The van der Waals surface area contributed by atoms with Gasteiger partial charge in [-0.2, -0.15) is 0 Å². The molecule has 0 aliphatic carbocycles. The number of hydrogen-bond acceptors (Lipinski definition) is 3. The lowest BCUT2D eigenvalue weighted by Crippen LogP contribution is -2.26. The molecule has 0 spiro atoms. The molecule has 3 rings (SSSR count). The third-order valence-corrected chi connectivity index (χ3v) is 4.16. The van der Waals surface area contributed by atoms with E-state index in [4.69, 9.17) is 9.47 Å². The molecule has 1 aromatic heterocycles. The van der Waals surface area contributed by atoms with Gasteiger partial charge < -0.3 is 19.8 Å². The van der Waals surface area contributed by atoms with Gasteiger partial charge in [-0.05, 0) is 55.8 Å². The smallest absolute Gasteiger partial charge is 0.268 e. The summed E-state index contributed by atoms with van der Waals surface area (Å²) in [6.45, 7) is 4.33. The number of halogens is 1. The van der Waals surface area contributed by atoms with Crippen molar-refractivity contribution in [3.63, 3.8) is 0 Å². The van der Waals surface area contributed by atoms with Crippen LogP contribution in [0, 0.1) is 5.82 Å². The summed E-state index contributed by atoms with van der Waals surface area (Å²) in [7, 11) is 1.58. The number of carbonyl (C=O) groups excluding carboxylic acids is 1. The molecule has 0 saturated carbocycles. The molecule has 0 saturated heterocycles. The van der Waals surface area contributed by atoms with Crippen LogP contribution in [0.1, 0.15) is 35.9 Å². The molecule has 3 aromatic rings. The van der Waals surface area contributed by atoms with Crippen LogP contribution in [-0.2, 0) is 0 Å². The van der Waals surface area contributed by atoms with Crippen molar-refractivity contribution < 1.29 is 18.7 Å². The number of ether oxygens (including phenoxy) is 2. The Balaban J connectivity index is 1.77. The van der Waals surface area contributed by atoms with E-state index in [0.29, 0.717) is 34.7 Å². The molecule has 2 N–H and O–H groups in total. The minimum atomic E-state index is -0.335. The summed E-state index contributed by atoms with van der Waals surface area (Å²) in [5.74, 6) is 0.682. The number of amides is 1. The highest BCUT2D eigenvalue weighted by molar-refractivity contribution is 5.98. The van der Waals surface area contributed by atoms with E-state index in [1.807, 2.05) is 32.0 Å². The largest absolute Gasteiger partial charge is 0.493 e. The van der Waals surface area contributed by atoms with Gasteiger partial charge in [0.2, 0.25) is 0 Å². The number of carbonyl (C=O) groups is 1. The molecular formula is C20H21FN2O3. The van der Waals surface area contributed by atoms with Crippen molar-refractivity contribution in [2.24, 2.45) is 0 Å². The second kappa shape index (κ2) is 7.47. The molecule has 2 aromatic carbocycles. The summed E-state index contributed by atoms with van der Waals surface area (Å²) in [5, 5.41) is 3.59. The van der Waals surface area contributed by atoms with Gasteiger partial charge >= 0.3 is 0 Å². The number of hydrogen-bond donors (Lipinski definition) is 2. The van der Waals surface area contributed by atoms with E-state index >= 15 is 0 Å². The lowest BCUT2D eigenvalue weighted by atomic mass is 10.1. The van der Waals surface area contributed by atoms with Crippen LogP contribution < -0.4 is 14.8 Å². The Labute approximate surface area is 151 Å². The van der Waals surface area contributed by atoms with Gasteiger partial charge in [-0.15, -0.1) is 0 Å². The van der Waals surface area contributed by atoms with Crippen molar-refractivity contribution in [2.75, 3.05) is 13.7 Å². The SMILES string of the molecule is CCOc1ccc(C(C)NC(=O)c2cc3cc(F)ccc3[nH]2)cc1OC. The molecule has 0 aliphatic rings. The highest BCUT2D eigenvalue weighted by Gasteiger charge is 2.16. The summed E-state index contributed by atoms with van der Waals surface area (Å²) in [4.78, 5) is 15.5. The Morgan fingerprint density at radius 2 is 2.00 bits per heavy atom. The maximum Gasteiger partial charge on any atom is 0.268 e. The van der Waals surface area contributed by atoms with Gasteiger partial charge in [-0.1, -0.05) is 6.07 Å². The predicted molar refractivity (Wildman–Crippen MR) is 98.3 cm³/mol. The van der Waals surface area contributed by atoms with Crippen molar-refractivity contribution in [1.82, 2.24) is 10.3 Å². The number of aromatic nitrogens is 1. The molecule has 1 atom stereocenters. The second-order valence-corrected chi connectivity index (χ2v) is 5.95. The van der Waals surface area contributed by atoms with Crippen LogP contribution in [0.3, 0.4) is 0 Å². The van der Waals surface area contributed by atoms with Gasteiger partial charge in [0.15, 0.2) is 11.5 Å². The lowest BCUT2D eigenvalue weighted by molar-refractivity contribution is 0.0935. The number of aromatic amines is 1. The summed E-state index contributed by atoms with van der Waals surface area (Å²) < 4.78 is 24.2. The number of fused-ring (bicyclic) bond motifs is 1. The van der Waals surface area contributed by atoms with Gasteiger partial charge in [-0.3, -0.25) is 4.79 Å². The quantitative estimate of drug-likeness (QED) is 0.696. The maximum absolute atomic E-state index is 13.3. The van der Waals surface area contributed by atoms with E-state index in [0.717, 1.165) is 5.56 Å². The predicted octanol–water partition coefficient (Wildman–Crippen LogP) is 4.21. The number of methoxy groups -OCH3 is 1. The van der Waals surface area contributed by atoms with Gasteiger partial charge in [0.1, 0.15) is 11.5 Å². The molecule has 0 aliphatic heterocycles. The Bertz CT molecular complexity index is 936. The van der Waals surface area contributed by atoms with Crippen molar-refractivity contribution >= 4 is 16.8 Å². The van der Waals surface area contributed by atoms with Crippen LogP contribution in [0.15, 0.2) is 42.5 Å². The molecule has 5 nitrogen and oxygen atoms in total. The zero-order valence-electron chi connectivity index (χ0n) is 14.9. The van der Waals surface area contributed by atoms with Crippen LogP contribution in [0.4, 0.5) is 4.39 Å². The van der Waals surface area contributed by atoms with Crippen LogP contribution in [-0.4, -0.2) is 24.6 Å². The average molecular weight is 356 g/mol. The summed E-state index contributed by atoms with van der Waals surface area (Å²) in [5.41, 5.74) is 1.99. The zero-order valence-corrected chi connectivity index (χ0v) is 14.9. The van der Waals surface area contributed by atoms with Gasteiger partial charge in [0.05, 0.1) is 19.8 Å². The second-order valence-electron chi connectivity index (χ2n) is 5.95. The molecule has 6 heteroatoms. The molecule has 136 valence electrons. The third kappa shape index (κ3) is 3.64. The number of H-pyrrole nitrogens is 1. The topological polar surface area (TPSA) is 63.3 Å². The Kier molecular flexibility index (Phi) is 5.11. The number of rotatable bonds is 6. The van der Waals surface area contributed by atoms with Gasteiger partial charge in [0.25, 0.3) is 5.91 Å². The summed E-state index contributed by atoms with van der Waals surface area (Å²) >= 11 is 0. The zero-order chi connectivity index (χ0) is 18.7. The average Bonchev–Trinajstić information content (AvgIpc) is 3.05. The van der Waals surface area contributed by atoms with Crippen LogP contribution >= 0.6 is 0 Å². The molecule has 1 heterocycles. The van der Waals surface area contributed by atoms with Crippen molar-refractivity contribution in [3.05, 3.63) is 59.5 Å². The highest BCUT2D eigenvalue weighted by Crippen LogP contribution is 2.30. The van der Waals surface area contributed by atoms with Gasteiger partial charge in [0, 0.05) is 10.9 Å². The molecule has 0 fully saturated rings. The lowest BCUT2D eigenvalue weighted by Gasteiger charge is -2.16. The fourth-order valence-corrected chi connectivity index (χ4v) is 2.81. The Hall–Kier alpha value is -3.02. The number of benzene rings is 2. The first-order valence-corrected chi connectivity index (χ1v) is 8.41. The van der Waals surface area contributed by atoms with Crippen LogP contribution in [0.25, 0.3) is 10.9 Å². The standard InChI is InChI=1S/C20H21FN2O3/c1-4-26-18-8-5-13(11-19(18)25-3)12(2)22-20(24)17-10-14-9-15(21)6-7-16(14)23-17/h5-12,23H,4H2,1-3H3,(H,22,24). The summed E-state index contributed by atoms with van der Waals surface area (Å²) in [6, 6.07) is 11.3. The Morgan fingerprint density at radius 1 is 1.19 bits per heavy atom. The minimum Gasteiger partial charge on any atom is -0.493 e. The monoisotopic (exact) mass is 356 g/mol. The number of nitrogens with one attached hydrogen (secondary N) is 2. The molecule has 0 bridgehead atoms. The van der Waals surface area contributed by atoms with Gasteiger partial charge in [-0.25, -0.2) is 4.39 Å². The highest BCUT2D eigenvalue weighted by atomic mass is 19.1. The first-order valence-electron chi connectivity index (χ1n) is 8.41. The molecule has 0 radical (unpaired) electrons. The van der Waals surface area contributed by atoms with E-state index < -0.39 is 0 Å². The minimum absolute atomic E-state index is 0.241. The molecular weight excluding hydrogens is 335 g/mol. The normalized spacial score (nSPS) is 12.0. The van der Waals surface area contributed by atoms with Crippen molar-refractivity contribution in [2.45, 2.75) is 19.9 Å². The molecule has 1 amide bonds. The van der Waals surface area contributed by atoms with Crippen LogP contribution in [0.5, 0.6) is 11.5 Å². The van der Waals surface area contributed by atoms with E-state index in [2.05, 4.69) is 10.3 Å². The fraction of sp³-hybridized carbons (Fsp3) is 0.250. The first kappa shape index (κ1) is 17.8. The fourth-order valence-electron chi connectivity index (χ4n) is 2.81. The maximum atomic E-state index is 13.3. The Morgan fingerprint density at radius 3 is 2.73 bits per heavy atom.